The van der Waals surface area contributed by atoms with E-state index in [2.05, 4.69) is 106 Å². The van der Waals surface area contributed by atoms with Crippen molar-refractivity contribution in [2.75, 3.05) is 0 Å². The fourth-order valence-electron chi connectivity index (χ4n) is 6.48. The van der Waals surface area contributed by atoms with E-state index < -0.39 is 0 Å². The Balaban J connectivity index is 1.68. The quantitative estimate of drug-likeness (QED) is 0.274. The Morgan fingerprint density at radius 2 is 1.21 bits per heavy atom. The van der Waals surface area contributed by atoms with Crippen LogP contribution in [0.5, 0.6) is 0 Å². The van der Waals surface area contributed by atoms with Gasteiger partial charge in [-0.3, -0.25) is 8.80 Å². The molecular weight excluding hydrogens is 418 g/mol. The highest BCUT2D eigenvalue weighted by Gasteiger charge is 2.39. The molecule has 0 spiro atoms. The molecule has 1 aliphatic rings. The monoisotopic (exact) mass is 437 g/mol. The van der Waals surface area contributed by atoms with E-state index in [9.17, 15) is 0 Å². The standard InChI is InChI=1S/C29H19N5/c1-29(2)17-10-4-3-9-16(17)24-18(29)15-23-25-26(24)33-22-14-8-6-12-20(22)31-28(33)34(25)27-30-19-11-5-7-13-21(19)32(23)27/h3-15H,1-2H3. The summed E-state index contributed by atoms with van der Waals surface area (Å²) in [4.78, 5) is 10.2. The first-order valence-electron chi connectivity index (χ1n) is 11.7. The van der Waals surface area contributed by atoms with Gasteiger partial charge in [0.25, 0.3) is 0 Å². The summed E-state index contributed by atoms with van der Waals surface area (Å²) in [5.74, 6) is 1.84. The van der Waals surface area contributed by atoms with Crippen molar-refractivity contribution in [1.29, 1.82) is 0 Å². The Morgan fingerprint density at radius 3 is 1.97 bits per heavy atom. The van der Waals surface area contributed by atoms with Crippen molar-refractivity contribution in [2.24, 2.45) is 0 Å². The zero-order valence-corrected chi connectivity index (χ0v) is 18.7. The average molecular weight is 438 g/mol. The number of hydrogen-bond donors (Lipinski definition) is 0. The van der Waals surface area contributed by atoms with Crippen LogP contribution in [0.4, 0.5) is 0 Å². The smallest absolute Gasteiger partial charge is 0.223 e. The lowest BCUT2D eigenvalue weighted by atomic mass is 9.82. The highest BCUT2D eigenvalue weighted by molar-refractivity contribution is 6.12. The Kier molecular flexibility index (Phi) is 2.64. The van der Waals surface area contributed by atoms with Gasteiger partial charge in [0.15, 0.2) is 0 Å². The summed E-state index contributed by atoms with van der Waals surface area (Å²) in [6.45, 7) is 4.69. The zero-order valence-electron chi connectivity index (χ0n) is 18.7. The Labute approximate surface area is 193 Å². The van der Waals surface area contributed by atoms with Crippen molar-refractivity contribution < 1.29 is 0 Å². The molecule has 1 aliphatic carbocycles. The number of fused-ring (bicyclic) bond motifs is 14. The molecule has 0 saturated carbocycles. The molecule has 5 nitrogen and oxygen atoms in total. The lowest BCUT2D eigenvalue weighted by Crippen LogP contribution is -2.15. The minimum absolute atomic E-state index is 0.0967. The second-order valence-corrected chi connectivity index (χ2v) is 9.99. The van der Waals surface area contributed by atoms with E-state index in [1.165, 1.54) is 38.8 Å². The summed E-state index contributed by atoms with van der Waals surface area (Å²) in [5, 5.41) is 0. The van der Waals surface area contributed by atoms with Crippen molar-refractivity contribution >= 4 is 50.2 Å². The van der Waals surface area contributed by atoms with Crippen molar-refractivity contribution in [2.45, 2.75) is 19.3 Å². The Hall–Kier alpha value is -4.38. The summed E-state index contributed by atoms with van der Waals surface area (Å²) < 4.78 is 6.93. The zero-order chi connectivity index (χ0) is 22.3. The third-order valence-electron chi connectivity index (χ3n) is 7.97. The van der Waals surface area contributed by atoms with E-state index in [1.807, 2.05) is 0 Å². The van der Waals surface area contributed by atoms with Crippen molar-refractivity contribution in [3.8, 4) is 11.1 Å². The van der Waals surface area contributed by atoms with Crippen LogP contribution in [-0.4, -0.2) is 23.2 Å². The van der Waals surface area contributed by atoms with Gasteiger partial charge in [0.2, 0.25) is 11.6 Å². The number of rotatable bonds is 0. The van der Waals surface area contributed by atoms with Gasteiger partial charge in [-0.05, 0) is 47.0 Å². The van der Waals surface area contributed by atoms with Crippen LogP contribution < -0.4 is 0 Å². The minimum Gasteiger partial charge on any atom is -0.276 e. The highest BCUT2D eigenvalue weighted by atomic mass is 15.3. The number of para-hydroxylation sites is 4. The lowest BCUT2D eigenvalue weighted by Gasteiger charge is -2.21. The van der Waals surface area contributed by atoms with Crippen LogP contribution in [0.2, 0.25) is 0 Å². The fraction of sp³-hybridized carbons (Fsp3) is 0.103. The average Bonchev–Trinajstić information content (AvgIpc) is 3.60. The predicted octanol–water partition coefficient (Wildman–Crippen LogP) is 6.44. The molecule has 0 radical (unpaired) electrons. The van der Waals surface area contributed by atoms with Gasteiger partial charge in [-0.2, -0.15) is 0 Å². The molecule has 4 heterocycles. The molecule has 0 unspecified atom stereocenters. The second-order valence-electron chi connectivity index (χ2n) is 9.99. The maximum atomic E-state index is 5.12. The predicted molar refractivity (Wildman–Crippen MR) is 136 cm³/mol. The molecule has 0 atom stereocenters. The van der Waals surface area contributed by atoms with E-state index in [1.54, 1.807) is 0 Å². The molecular formula is C29H19N5. The Morgan fingerprint density at radius 1 is 0.588 bits per heavy atom. The van der Waals surface area contributed by atoms with Gasteiger partial charge >= 0.3 is 0 Å². The maximum Gasteiger partial charge on any atom is 0.223 e. The van der Waals surface area contributed by atoms with Crippen LogP contribution in [0.1, 0.15) is 25.0 Å². The van der Waals surface area contributed by atoms with E-state index in [0.717, 1.165) is 33.6 Å². The number of benzene rings is 4. The molecule has 0 amide bonds. The van der Waals surface area contributed by atoms with Crippen molar-refractivity contribution in [3.63, 3.8) is 0 Å². The molecule has 0 bridgehead atoms. The summed E-state index contributed by atoms with van der Waals surface area (Å²) in [7, 11) is 0. The molecule has 4 aromatic carbocycles. The first-order valence-corrected chi connectivity index (χ1v) is 11.7. The van der Waals surface area contributed by atoms with Crippen LogP contribution in [0, 0.1) is 0 Å². The number of aromatic nitrogens is 5. The van der Waals surface area contributed by atoms with Crippen LogP contribution in [0.15, 0.2) is 78.9 Å². The molecule has 0 N–H and O–H groups in total. The van der Waals surface area contributed by atoms with Crippen LogP contribution in [0.25, 0.3) is 61.3 Å². The SMILES string of the molecule is CC1(C)c2ccccc2-c2c1cc1c3c2n2c4ccccc4nc2n3c2nc3ccccc3n12. The first-order chi connectivity index (χ1) is 16.6. The van der Waals surface area contributed by atoms with Gasteiger partial charge in [-0.25, -0.2) is 14.4 Å². The van der Waals surface area contributed by atoms with Crippen LogP contribution >= 0.6 is 0 Å². The topological polar surface area (TPSA) is 39.0 Å². The van der Waals surface area contributed by atoms with Gasteiger partial charge in [-0.15, -0.1) is 0 Å². The molecule has 8 aromatic rings. The van der Waals surface area contributed by atoms with Gasteiger partial charge < -0.3 is 0 Å². The highest BCUT2D eigenvalue weighted by Crippen LogP contribution is 2.53. The molecule has 9 rings (SSSR count). The molecule has 0 aliphatic heterocycles. The molecule has 4 aromatic heterocycles. The third kappa shape index (κ3) is 1.66. The molecule has 34 heavy (non-hydrogen) atoms. The van der Waals surface area contributed by atoms with Gasteiger partial charge in [0.05, 0.1) is 33.1 Å². The summed E-state index contributed by atoms with van der Waals surface area (Å²) >= 11 is 0. The van der Waals surface area contributed by atoms with E-state index >= 15 is 0 Å². The molecule has 5 heteroatoms. The maximum absolute atomic E-state index is 5.12. The Bertz CT molecular complexity index is 2150. The van der Waals surface area contributed by atoms with E-state index in [4.69, 9.17) is 9.97 Å². The largest absolute Gasteiger partial charge is 0.276 e. The molecule has 0 saturated heterocycles. The van der Waals surface area contributed by atoms with E-state index in [0.29, 0.717) is 0 Å². The summed E-state index contributed by atoms with van der Waals surface area (Å²) in [6, 6.07) is 28.1. The lowest BCUT2D eigenvalue weighted by molar-refractivity contribution is 0.661. The van der Waals surface area contributed by atoms with Gasteiger partial charge in [0, 0.05) is 11.0 Å². The van der Waals surface area contributed by atoms with E-state index in [-0.39, 0.29) is 5.41 Å². The minimum atomic E-state index is -0.0967. The normalized spacial score (nSPS) is 15.0. The number of imidazole rings is 4. The molecule has 160 valence electrons. The molecule has 0 fully saturated rings. The third-order valence-corrected chi connectivity index (χ3v) is 7.97. The van der Waals surface area contributed by atoms with Crippen LogP contribution in [-0.2, 0) is 5.41 Å². The summed E-state index contributed by atoms with van der Waals surface area (Å²) in [5.41, 5.74) is 13.2. The fourth-order valence-corrected chi connectivity index (χ4v) is 6.48. The summed E-state index contributed by atoms with van der Waals surface area (Å²) in [6.07, 6.45) is 0. The van der Waals surface area contributed by atoms with Crippen molar-refractivity contribution in [1.82, 2.24) is 23.2 Å². The number of hydrogen-bond acceptors (Lipinski definition) is 2. The van der Waals surface area contributed by atoms with Crippen molar-refractivity contribution in [3.05, 3.63) is 90.0 Å². The van der Waals surface area contributed by atoms with Crippen LogP contribution in [0.3, 0.4) is 0 Å². The van der Waals surface area contributed by atoms with Gasteiger partial charge in [-0.1, -0.05) is 62.4 Å². The first kappa shape index (κ1) is 17.1. The number of nitrogens with zero attached hydrogens (tertiary/aromatic N) is 5. The van der Waals surface area contributed by atoms with Gasteiger partial charge in [0.1, 0.15) is 5.52 Å². The second kappa shape index (κ2) is 5.23.